The third-order valence-electron chi connectivity index (χ3n) is 6.48. The summed E-state index contributed by atoms with van der Waals surface area (Å²) in [5, 5.41) is 13.2. The molecule has 2 aliphatic heterocycles. The summed E-state index contributed by atoms with van der Waals surface area (Å²) in [6.07, 6.45) is -4.26. The van der Waals surface area contributed by atoms with E-state index in [1.807, 2.05) is 0 Å². The van der Waals surface area contributed by atoms with Crippen LogP contribution in [0.5, 0.6) is 0 Å². The van der Waals surface area contributed by atoms with E-state index >= 15 is 0 Å². The number of likely N-dealkylation sites (tertiary alicyclic amines) is 1. The average Bonchev–Trinajstić information content (AvgIpc) is 3.30. The van der Waals surface area contributed by atoms with Crippen LogP contribution in [-0.4, -0.2) is 62.7 Å². The zero-order chi connectivity index (χ0) is 24.8. The second-order valence-electron chi connectivity index (χ2n) is 8.83. The van der Waals surface area contributed by atoms with Crippen molar-refractivity contribution >= 4 is 23.5 Å². The smallest absolute Gasteiger partial charge is 0.435 e. The number of likely N-dealkylation sites (N-methyl/N-ethyl adjacent to an activating group) is 1. The number of carbonyl (C=O) groups is 2. The highest BCUT2D eigenvalue weighted by atomic mass is 35.5. The molecule has 1 aromatic heterocycles. The zero-order valence-corrected chi connectivity index (χ0v) is 19.0. The van der Waals surface area contributed by atoms with Gasteiger partial charge in [0.15, 0.2) is 5.69 Å². The molecule has 3 heterocycles. The van der Waals surface area contributed by atoms with E-state index in [2.05, 4.69) is 5.10 Å². The molecular formula is C22H23ClF4N4O3. The first kappa shape index (κ1) is 24.5. The van der Waals surface area contributed by atoms with Crippen LogP contribution >= 0.6 is 11.6 Å². The molecule has 4 rings (SSSR count). The standard InChI is InChI=1S/C22H23ClF4N4O3/c1-29-9-12(6-17(29)21(33)34)7-19(32)30-5-4-15-18(11-30)31(28-20(15)22(25,26)27)10-13-2-3-14(23)8-16(13)24/h2-3,8,12,17H,4-7,9-11H2,1H3,(H,33,34)/t12?,17-/m1/s1. The lowest BCUT2D eigenvalue weighted by Gasteiger charge is -2.29. The van der Waals surface area contributed by atoms with Gasteiger partial charge in [-0.3, -0.25) is 19.2 Å². The molecule has 0 saturated carbocycles. The number of nitrogens with zero attached hydrogens (tertiary/aromatic N) is 4. The Morgan fingerprint density at radius 1 is 1.29 bits per heavy atom. The van der Waals surface area contributed by atoms with Gasteiger partial charge in [-0.05, 0) is 37.9 Å². The fourth-order valence-corrected chi connectivity index (χ4v) is 4.94. The molecule has 0 aliphatic carbocycles. The van der Waals surface area contributed by atoms with Gasteiger partial charge in [-0.1, -0.05) is 17.7 Å². The van der Waals surface area contributed by atoms with Crippen LogP contribution in [0.25, 0.3) is 0 Å². The number of rotatable bonds is 5. The van der Waals surface area contributed by atoms with E-state index in [0.717, 1.165) is 10.7 Å². The van der Waals surface area contributed by atoms with Crippen molar-refractivity contribution in [1.82, 2.24) is 19.6 Å². The van der Waals surface area contributed by atoms with Gasteiger partial charge in [-0.25, -0.2) is 4.39 Å². The quantitative estimate of drug-likeness (QED) is 0.634. The lowest BCUT2D eigenvalue weighted by Crippen LogP contribution is -2.38. The fourth-order valence-electron chi connectivity index (χ4n) is 4.78. The van der Waals surface area contributed by atoms with Crippen molar-refractivity contribution in [2.45, 2.75) is 44.6 Å². The van der Waals surface area contributed by atoms with Crippen LogP contribution in [0.3, 0.4) is 0 Å². The highest BCUT2D eigenvalue weighted by molar-refractivity contribution is 6.30. The highest BCUT2D eigenvalue weighted by Crippen LogP contribution is 2.36. The lowest BCUT2D eigenvalue weighted by molar-refractivity contribution is -0.143. The Bertz CT molecular complexity index is 1120. The number of hydrogen-bond acceptors (Lipinski definition) is 4. The zero-order valence-electron chi connectivity index (χ0n) is 18.3. The van der Waals surface area contributed by atoms with Crippen LogP contribution < -0.4 is 0 Å². The van der Waals surface area contributed by atoms with Crippen LogP contribution in [0.1, 0.15) is 35.4 Å². The number of carboxylic acids is 1. The van der Waals surface area contributed by atoms with Crippen LogP contribution in [0.2, 0.25) is 5.02 Å². The van der Waals surface area contributed by atoms with Crippen molar-refractivity contribution in [2.75, 3.05) is 20.1 Å². The maximum Gasteiger partial charge on any atom is 0.435 e. The molecule has 2 aromatic rings. The van der Waals surface area contributed by atoms with Crippen LogP contribution in [-0.2, 0) is 35.3 Å². The minimum absolute atomic E-state index is 0.0115. The summed E-state index contributed by atoms with van der Waals surface area (Å²) in [6, 6.07) is 3.26. The summed E-state index contributed by atoms with van der Waals surface area (Å²) in [6.45, 7) is 0.225. The van der Waals surface area contributed by atoms with Crippen LogP contribution in [0, 0.1) is 11.7 Å². The Kier molecular flexibility index (Phi) is 6.61. The number of benzene rings is 1. The number of carboxylic acid groups (broad SMARTS) is 1. The molecule has 1 N–H and O–H groups in total. The Hall–Kier alpha value is -2.66. The minimum Gasteiger partial charge on any atom is -0.480 e. The van der Waals surface area contributed by atoms with E-state index in [9.17, 15) is 32.3 Å². The number of aliphatic carboxylic acids is 1. The first-order valence-corrected chi connectivity index (χ1v) is 11.1. The van der Waals surface area contributed by atoms with Gasteiger partial charge >= 0.3 is 12.1 Å². The monoisotopic (exact) mass is 502 g/mol. The van der Waals surface area contributed by atoms with E-state index in [-0.39, 0.29) is 66.1 Å². The number of fused-ring (bicyclic) bond motifs is 1. The number of halogens is 5. The molecule has 12 heteroatoms. The van der Waals surface area contributed by atoms with Gasteiger partial charge in [0.05, 0.1) is 18.8 Å². The van der Waals surface area contributed by atoms with E-state index in [1.54, 1.807) is 11.9 Å². The number of carbonyl (C=O) groups excluding carboxylic acids is 1. The van der Waals surface area contributed by atoms with Crippen LogP contribution in [0.4, 0.5) is 17.6 Å². The van der Waals surface area contributed by atoms with E-state index < -0.39 is 29.7 Å². The summed E-state index contributed by atoms with van der Waals surface area (Å²) in [4.78, 5) is 27.4. The van der Waals surface area contributed by atoms with Crippen molar-refractivity contribution in [3.05, 3.63) is 51.6 Å². The minimum atomic E-state index is -4.68. The molecule has 1 amide bonds. The summed E-state index contributed by atoms with van der Waals surface area (Å²) in [7, 11) is 1.68. The fraction of sp³-hybridized carbons (Fsp3) is 0.500. The summed E-state index contributed by atoms with van der Waals surface area (Å²) >= 11 is 5.77. The van der Waals surface area contributed by atoms with Gasteiger partial charge < -0.3 is 10.0 Å². The van der Waals surface area contributed by atoms with Gasteiger partial charge in [0, 0.05) is 35.7 Å². The number of alkyl halides is 3. The number of amides is 1. The second-order valence-corrected chi connectivity index (χ2v) is 9.27. The molecule has 0 spiro atoms. The molecule has 1 unspecified atom stereocenters. The van der Waals surface area contributed by atoms with Crippen molar-refractivity contribution in [2.24, 2.45) is 5.92 Å². The normalized spacial score (nSPS) is 21.1. The van der Waals surface area contributed by atoms with Gasteiger partial charge in [0.25, 0.3) is 0 Å². The second kappa shape index (κ2) is 9.18. The predicted molar refractivity (Wildman–Crippen MR) is 114 cm³/mol. The summed E-state index contributed by atoms with van der Waals surface area (Å²) in [5.74, 6) is -2.02. The molecular weight excluding hydrogens is 480 g/mol. The molecule has 0 bridgehead atoms. The average molecular weight is 503 g/mol. The van der Waals surface area contributed by atoms with E-state index in [1.165, 1.54) is 17.0 Å². The largest absolute Gasteiger partial charge is 0.480 e. The molecule has 2 atom stereocenters. The van der Waals surface area contributed by atoms with Crippen molar-refractivity contribution < 1.29 is 32.3 Å². The predicted octanol–water partition coefficient (Wildman–Crippen LogP) is 3.42. The van der Waals surface area contributed by atoms with Gasteiger partial charge in [0.1, 0.15) is 11.9 Å². The molecule has 34 heavy (non-hydrogen) atoms. The molecule has 184 valence electrons. The summed E-state index contributed by atoms with van der Waals surface area (Å²) < 4.78 is 56.3. The van der Waals surface area contributed by atoms with Crippen molar-refractivity contribution in [3.8, 4) is 0 Å². The molecule has 0 radical (unpaired) electrons. The maximum atomic E-state index is 14.3. The third-order valence-corrected chi connectivity index (χ3v) is 6.71. The highest BCUT2D eigenvalue weighted by Gasteiger charge is 2.41. The lowest BCUT2D eigenvalue weighted by atomic mass is 9.99. The van der Waals surface area contributed by atoms with Gasteiger partial charge in [-0.15, -0.1) is 0 Å². The topological polar surface area (TPSA) is 78.7 Å². The molecule has 1 saturated heterocycles. The van der Waals surface area contributed by atoms with Gasteiger partial charge in [0.2, 0.25) is 5.91 Å². The number of aromatic nitrogens is 2. The Labute approximate surface area is 197 Å². The molecule has 1 fully saturated rings. The Morgan fingerprint density at radius 3 is 2.65 bits per heavy atom. The SMILES string of the molecule is CN1CC(CC(=O)N2CCc3c(C(F)(F)F)nn(Cc4ccc(Cl)cc4F)c3C2)C[C@@H]1C(=O)O. The molecule has 7 nitrogen and oxygen atoms in total. The van der Waals surface area contributed by atoms with Crippen molar-refractivity contribution in [3.63, 3.8) is 0 Å². The van der Waals surface area contributed by atoms with E-state index in [4.69, 9.17) is 11.6 Å². The number of hydrogen-bond donors (Lipinski definition) is 1. The Balaban J connectivity index is 1.55. The molecule has 2 aliphatic rings. The van der Waals surface area contributed by atoms with Crippen molar-refractivity contribution in [1.29, 1.82) is 0 Å². The first-order chi connectivity index (χ1) is 15.9. The van der Waals surface area contributed by atoms with E-state index in [0.29, 0.717) is 13.0 Å². The third kappa shape index (κ3) is 4.90. The maximum absolute atomic E-state index is 14.3. The van der Waals surface area contributed by atoms with Gasteiger partial charge in [-0.2, -0.15) is 18.3 Å². The Morgan fingerprint density at radius 2 is 2.03 bits per heavy atom. The molecule has 1 aromatic carbocycles. The summed E-state index contributed by atoms with van der Waals surface area (Å²) in [5.41, 5.74) is -0.669. The van der Waals surface area contributed by atoms with Crippen LogP contribution in [0.15, 0.2) is 18.2 Å². The first-order valence-electron chi connectivity index (χ1n) is 10.7.